The summed E-state index contributed by atoms with van der Waals surface area (Å²) in [4.78, 5) is 17.3. The highest BCUT2D eigenvalue weighted by Gasteiger charge is 2.30. The van der Waals surface area contributed by atoms with Crippen molar-refractivity contribution in [1.29, 1.82) is 0 Å². The summed E-state index contributed by atoms with van der Waals surface area (Å²) in [6.45, 7) is 5.03. The third kappa shape index (κ3) is 6.14. The summed E-state index contributed by atoms with van der Waals surface area (Å²) in [7, 11) is 2.01. The predicted molar refractivity (Wildman–Crippen MR) is 108 cm³/mol. The summed E-state index contributed by atoms with van der Waals surface area (Å²) in [5, 5.41) is 3.36. The van der Waals surface area contributed by atoms with E-state index in [-0.39, 0.29) is 30.7 Å². The largest absolute Gasteiger partial charge is 0.341 e. The number of likely N-dealkylation sites (N-methyl/N-ethyl adjacent to an activating group) is 1. The lowest BCUT2D eigenvalue weighted by Gasteiger charge is -2.39. The van der Waals surface area contributed by atoms with Gasteiger partial charge in [-0.25, -0.2) is 0 Å². The molecular formula is C19H31Cl2N3O. The van der Waals surface area contributed by atoms with Gasteiger partial charge in [-0.2, -0.15) is 0 Å². The smallest absolute Gasteiger partial charge is 0.227 e. The number of rotatable bonds is 4. The van der Waals surface area contributed by atoms with Crippen LogP contribution in [0.2, 0.25) is 0 Å². The van der Waals surface area contributed by atoms with Crippen molar-refractivity contribution in [2.45, 2.75) is 38.3 Å². The van der Waals surface area contributed by atoms with Crippen molar-refractivity contribution < 1.29 is 4.79 Å². The minimum atomic E-state index is 0. The molecule has 25 heavy (non-hydrogen) atoms. The summed E-state index contributed by atoms with van der Waals surface area (Å²) in [6.07, 6.45) is 4.47. The van der Waals surface area contributed by atoms with Crippen LogP contribution in [0.25, 0.3) is 0 Å². The van der Waals surface area contributed by atoms with E-state index in [0.717, 1.165) is 52.0 Å². The van der Waals surface area contributed by atoms with Gasteiger partial charge in [0, 0.05) is 32.7 Å². The van der Waals surface area contributed by atoms with Gasteiger partial charge in [0.15, 0.2) is 0 Å². The molecule has 3 rings (SSSR count). The molecule has 6 heteroatoms. The molecule has 0 saturated carbocycles. The van der Waals surface area contributed by atoms with Crippen LogP contribution in [0.15, 0.2) is 30.3 Å². The van der Waals surface area contributed by atoms with Crippen molar-refractivity contribution in [2.24, 2.45) is 5.92 Å². The first-order valence-electron chi connectivity index (χ1n) is 8.97. The van der Waals surface area contributed by atoms with Crippen LogP contribution in [0.4, 0.5) is 0 Å². The highest BCUT2D eigenvalue weighted by Crippen LogP contribution is 2.20. The third-order valence-electron chi connectivity index (χ3n) is 5.27. The maximum atomic E-state index is 12.7. The molecular weight excluding hydrogens is 357 g/mol. The molecule has 2 fully saturated rings. The number of piperidine rings is 2. The summed E-state index contributed by atoms with van der Waals surface area (Å²) in [5.74, 6) is 0.516. The Kier molecular flexibility index (Phi) is 9.80. The molecule has 4 nitrogen and oxygen atoms in total. The second kappa shape index (κ2) is 11.0. The second-order valence-electron chi connectivity index (χ2n) is 7.01. The van der Waals surface area contributed by atoms with Gasteiger partial charge in [0.05, 0.1) is 5.92 Å². The predicted octanol–water partition coefficient (Wildman–Crippen LogP) is 2.95. The number of benzene rings is 1. The molecule has 1 N–H and O–H groups in total. The van der Waals surface area contributed by atoms with Crippen LogP contribution in [0.3, 0.4) is 0 Å². The van der Waals surface area contributed by atoms with E-state index in [9.17, 15) is 4.79 Å². The molecule has 142 valence electrons. The highest BCUT2D eigenvalue weighted by atomic mass is 35.5. The molecule has 2 heterocycles. The van der Waals surface area contributed by atoms with E-state index in [2.05, 4.69) is 40.5 Å². The molecule has 2 unspecified atom stereocenters. The number of likely N-dealkylation sites (tertiary alicyclic amines) is 1. The van der Waals surface area contributed by atoms with Crippen molar-refractivity contribution in [2.75, 3.05) is 33.2 Å². The van der Waals surface area contributed by atoms with Gasteiger partial charge >= 0.3 is 0 Å². The van der Waals surface area contributed by atoms with Gasteiger partial charge in [0.1, 0.15) is 0 Å². The van der Waals surface area contributed by atoms with Crippen molar-refractivity contribution in [3.8, 4) is 0 Å². The molecule has 1 aromatic carbocycles. The number of halogens is 2. The topological polar surface area (TPSA) is 35.6 Å². The quantitative estimate of drug-likeness (QED) is 0.862. The first-order valence-corrected chi connectivity index (χ1v) is 8.97. The van der Waals surface area contributed by atoms with Crippen LogP contribution >= 0.6 is 24.8 Å². The lowest BCUT2D eigenvalue weighted by atomic mass is 9.96. The molecule has 2 aliphatic rings. The van der Waals surface area contributed by atoms with Crippen molar-refractivity contribution >= 4 is 30.7 Å². The van der Waals surface area contributed by atoms with Crippen molar-refractivity contribution in [1.82, 2.24) is 15.1 Å². The summed E-state index contributed by atoms with van der Waals surface area (Å²) in [5.41, 5.74) is 1.36. The number of amides is 1. The first kappa shape index (κ1) is 22.2. The Morgan fingerprint density at radius 3 is 2.64 bits per heavy atom. The van der Waals surface area contributed by atoms with E-state index in [1.807, 2.05) is 11.9 Å². The zero-order valence-electron chi connectivity index (χ0n) is 15.0. The molecule has 0 aromatic heterocycles. The SMILES string of the molecule is CN(C(=O)C1CCCNC1)C1CCCN(Cc2ccccc2)C1.Cl.Cl. The maximum absolute atomic E-state index is 12.7. The average molecular weight is 388 g/mol. The Labute approximate surface area is 164 Å². The Bertz CT molecular complexity index is 509. The van der Waals surface area contributed by atoms with Gasteiger partial charge in [0.25, 0.3) is 0 Å². The van der Waals surface area contributed by atoms with Crippen molar-refractivity contribution in [3.63, 3.8) is 0 Å². The molecule has 0 radical (unpaired) electrons. The molecule has 2 atom stereocenters. The Morgan fingerprint density at radius 2 is 1.96 bits per heavy atom. The van der Waals surface area contributed by atoms with Crippen molar-refractivity contribution in [3.05, 3.63) is 35.9 Å². The van der Waals surface area contributed by atoms with Crippen LogP contribution in [0, 0.1) is 5.92 Å². The number of hydrogen-bond acceptors (Lipinski definition) is 3. The molecule has 1 amide bonds. The van der Waals surface area contributed by atoms with Crippen LogP contribution in [-0.4, -0.2) is 55.0 Å². The number of nitrogens with one attached hydrogen (secondary N) is 1. The fourth-order valence-electron chi connectivity index (χ4n) is 3.86. The maximum Gasteiger partial charge on any atom is 0.227 e. The van der Waals surface area contributed by atoms with E-state index >= 15 is 0 Å². The third-order valence-corrected chi connectivity index (χ3v) is 5.27. The summed E-state index contributed by atoms with van der Waals surface area (Å²) in [6, 6.07) is 11.0. The fourth-order valence-corrected chi connectivity index (χ4v) is 3.86. The van der Waals surface area contributed by atoms with Gasteiger partial charge < -0.3 is 10.2 Å². The average Bonchev–Trinajstić information content (AvgIpc) is 2.62. The number of hydrogen-bond donors (Lipinski definition) is 1. The van der Waals surface area contributed by atoms with Gasteiger partial charge in [-0.15, -0.1) is 24.8 Å². The first-order chi connectivity index (χ1) is 11.2. The van der Waals surface area contributed by atoms with E-state index in [1.165, 1.54) is 12.0 Å². The van der Waals surface area contributed by atoms with E-state index in [4.69, 9.17) is 0 Å². The van der Waals surface area contributed by atoms with Crippen LogP contribution in [0.1, 0.15) is 31.2 Å². The van der Waals surface area contributed by atoms with E-state index in [0.29, 0.717) is 11.9 Å². The molecule has 0 aliphatic carbocycles. The van der Waals surface area contributed by atoms with Gasteiger partial charge in [0.2, 0.25) is 5.91 Å². The van der Waals surface area contributed by atoms with Crippen LogP contribution < -0.4 is 5.32 Å². The number of carbonyl (C=O) groups excluding carboxylic acids is 1. The zero-order chi connectivity index (χ0) is 16.1. The molecule has 2 aliphatic heterocycles. The highest BCUT2D eigenvalue weighted by molar-refractivity contribution is 5.85. The van der Waals surface area contributed by atoms with E-state index < -0.39 is 0 Å². The molecule has 0 spiro atoms. The summed E-state index contributed by atoms with van der Waals surface area (Å²) >= 11 is 0. The molecule has 2 saturated heterocycles. The van der Waals surface area contributed by atoms with Gasteiger partial charge in [-0.3, -0.25) is 9.69 Å². The number of nitrogens with zero attached hydrogens (tertiary/aromatic N) is 2. The lowest BCUT2D eigenvalue weighted by molar-refractivity contribution is -0.138. The zero-order valence-corrected chi connectivity index (χ0v) is 16.7. The number of carbonyl (C=O) groups is 1. The Hall–Kier alpha value is -0.810. The Balaban J connectivity index is 0.00000156. The fraction of sp³-hybridized carbons (Fsp3) is 0.632. The molecule has 1 aromatic rings. The van der Waals surface area contributed by atoms with Crippen LogP contribution in [-0.2, 0) is 11.3 Å². The standard InChI is InChI=1S/C19H29N3O.2ClH/c1-21(19(23)17-9-5-11-20-13-17)18-10-6-12-22(15-18)14-16-7-3-2-4-8-16;;/h2-4,7-8,17-18,20H,5-6,9-15H2,1H3;2*1H. The normalized spacial score (nSPS) is 23.9. The van der Waals surface area contributed by atoms with E-state index in [1.54, 1.807) is 0 Å². The lowest BCUT2D eigenvalue weighted by Crippen LogP contribution is -2.51. The minimum absolute atomic E-state index is 0. The van der Waals surface area contributed by atoms with Gasteiger partial charge in [-0.1, -0.05) is 30.3 Å². The van der Waals surface area contributed by atoms with Gasteiger partial charge in [-0.05, 0) is 44.3 Å². The molecule has 0 bridgehead atoms. The second-order valence-corrected chi connectivity index (χ2v) is 7.01. The summed E-state index contributed by atoms with van der Waals surface area (Å²) < 4.78 is 0. The minimum Gasteiger partial charge on any atom is -0.341 e. The Morgan fingerprint density at radius 1 is 1.20 bits per heavy atom. The van der Waals surface area contributed by atoms with Crippen LogP contribution in [0.5, 0.6) is 0 Å². The monoisotopic (exact) mass is 387 g/mol.